The van der Waals surface area contributed by atoms with Gasteiger partial charge in [-0.3, -0.25) is 9.36 Å². The first kappa shape index (κ1) is 24.4. The van der Waals surface area contributed by atoms with Gasteiger partial charge in [-0.15, -0.1) is 36.2 Å². The number of benzene rings is 2. The van der Waals surface area contributed by atoms with Crippen LogP contribution in [0.15, 0.2) is 65.7 Å². The molecule has 0 radical (unpaired) electrons. The van der Waals surface area contributed by atoms with E-state index in [1.54, 1.807) is 10.9 Å². The molecule has 0 fully saturated rings. The number of aryl methyl sites for hydroxylation is 2. The molecule has 4 nitrogen and oxygen atoms in total. The van der Waals surface area contributed by atoms with Crippen LogP contribution in [0.2, 0.25) is 5.02 Å². The van der Waals surface area contributed by atoms with Crippen molar-refractivity contribution in [3.8, 4) is 10.4 Å². The second kappa shape index (κ2) is 10.9. The number of thiophene rings is 1. The number of nitrogens with one attached hydrogen (secondary N) is 1. The van der Waals surface area contributed by atoms with E-state index in [2.05, 4.69) is 34.6 Å². The molecule has 4 aromatic rings. The molecule has 2 aromatic heterocycles. The van der Waals surface area contributed by atoms with E-state index in [-0.39, 0.29) is 30.4 Å². The SMILES string of the molecule is CNCc1ccc(CCn2cnc3cc(-c4ccc(Cl)cc4)sc3c2=O)cc1.Cl.Cl. The Morgan fingerprint density at radius 1 is 1.03 bits per heavy atom. The predicted octanol–water partition coefficient (Wildman–Crippen LogP) is 5.58. The molecule has 30 heavy (non-hydrogen) atoms. The molecule has 0 spiro atoms. The smallest absolute Gasteiger partial charge is 0.271 e. The highest BCUT2D eigenvalue weighted by Crippen LogP contribution is 2.31. The number of halogens is 3. The molecule has 0 saturated carbocycles. The summed E-state index contributed by atoms with van der Waals surface area (Å²) in [7, 11) is 1.94. The van der Waals surface area contributed by atoms with Gasteiger partial charge in [-0.25, -0.2) is 4.98 Å². The van der Waals surface area contributed by atoms with Crippen LogP contribution in [0.1, 0.15) is 11.1 Å². The van der Waals surface area contributed by atoms with Gasteiger partial charge in [0.2, 0.25) is 0 Å². The molecule has 2 aromatic carbocycles. The van der Waals surface area contributed by atoms with Gasteiger partial charge >= 0.3 is 0 Å². The van der Waals surface area contributed by atoms with Crippen molar-refractivity contribution in [3.63, 3.8) is 0 Å². The minimum absolute atomic E-state index is 0. The lowest BCUT2D eigenvalue weighted by Crippen LogP contribution is -2.20. The van der Waals surface area contributed by atoms with Crippen LogP contribution < -0.4 is 10.9 Å². The summed E-state index contributed by atoms with van der Waals surface area (Å²) >= 11 is 7.45. The Morgan fingerprint density at radius 2 is 1.70 bits per heavy atom. The predicted molar refractivity (Wildman–Crippen MR) is 132 cm³/mol. The summed E-state index contributed by atoms with van der Waals surface area (Å²) < 4.78 is 2.39. The number of aromatic nitrogens is 2. The molecule has 0 aliphatic rings. The van der Waals surface area contributed by atoms with Crippen LogP contribution >= 0.6 is 47.8 Å². The van der Waals surface area contributed by atoms with Crippen molar-refractivity contribution in [2.75, 3.05) is 7.05 Å². The molecule has 2 heterocycles. The first-order chi connectivity index (χ1) is 13.6. The average Bonchev–Trinajstić information content (AvgIpc) is 3.15. The van der Waals surface area contributed by atoms with E-state index in [9.17, 15) is 4.79 Å². The highest BCUT2D eigenvalue weighted by Gasteiger charge is 2.10. The third kappa shape index (κ3) is 5.42. The third-order valence-corrected chi connectivity index (χ3v) is 6.09. The van der Waals surface area contributed by atoms with Crippen LogP contribution in [0.25, 0.3) is 20.7 Å². The summed E-state index contributed by atoms with van der Waals surface area (Å²) in [5.41, 5.74) is 4.26. The first-order valence-corrected chi connectivity index (χ1v) is 10.3. The molecule has 0 bridgehead atoms. The Labute approximate surface area is 196 Å². The molecule has 0 unspecified atom stereocenters. The van der Waals surface area contributed by atoms with E-state index < -0.39 is 0 Å². The van der Waals surface area contributed by atoms with Gasteiger partial charge in [0.1, 0.15) is 4.70 Å². The fourth-order valence-corrected chi connectivity index (χ4v) is 4.33. The van der Waals surface area contributed by atoms with Crippen LogP contribution in [0.3, 0.4) is 0 Å². The maximum absolute atomic E-state index is 12.9. The average molecular weight is 483 g/mol. The topological polar surface area (TPSA) is 46.9 Å². The second-order valence-corrected chi connectivity index (χ2v) is 8.16. The quantitative estimate of drug-likeness (QED) is 0.390. The summed E-state index contributed by atoms with van der Waals surface area (Å²) in [5, 5.41) is 3.84. The van der Waals surface area contributed by atoms with Gasteiger partial charge in [0.05, 0.1) is 11.8 Å². The van der Waals surface area contributed by atoms with Crippen LogP contribution in [-0.4, -0.2) is 16.6 Å². The van der Waals surface area contributed by atoms with Crippen LogP contribution in [0, 0.1) is 0 Å². The number of hydrogen-bond acceptors (Lipinski definition) is 4. The zero-order chi connectivity index (χ0) is 19.5. The Kier molecular flexibility index (Phi) is 8.89. The molecule has 0 aliphatic carbocycles. The van der Waals surface area contributed by atoms with Gasteiger partial charge in [0.25, 0.3) is 5.56 Å². The van der Waals surface area contributed by atoms with Crippen molar-refractivity contribution >= 4 is 58.0 Å². The molecule has 0 saturated heterocycles. The van der Waals surface area contributed by atoms with Crippen molar-refractivity contribution in [2.45, 2.75) is 19.5 Å². The molecule has 158 valence electrons. The lowest BCUT2D eigenvalue weighted by atomic mass is 10.1. The summed E-state index contributed by atoms with van der Waals surface area (Å²) in [5.74, 6) is 0. The van der Waals surface area contributed by atoms with E-state index in [1.165, 1.54) is 22.5 Å². The van der Waals surface area contributed by atoms with Gasteiger partial charge < -0.3 is 5.32 Å². The molecular weight excluding hydrogens is 461 g/mol. The zero-order valence-corrected chi connectivity index (χ0v) is 19.5. The van der Waals surface area contributed by atoms with E-state index in [1.807, 2.05) is 37.4 Å². The second-order valence-electron chi connectivity index (χ2n) is 6.67. The standard InChI is InChI=1S/C22H20ClN3OS.2ClH/c1-24-13-16-4-2-15(3-5-16)10-11-26-14-25-19-12-20(28-21(19)22(26)27)17-6-8-18(23)9-7-17;;/h2-9,12,14,24H,10-11,13H2,1H3;2*1H. The minimum atomic E-state index is 0. The molecule has 1 N–H and O–H groups in total. The van der Waals surface area contributed by atoms with E-state index in [4.69, 9.17) is 11.6 Å². The normalized spacial score (nSPS) is 10.5. The third-order valence-electron chi connectivity index (χ3n) is 4.68. The van der Waals surface area contributed by atoms with Gasteiger partial charge in [-0.05, 0) is 48.4 Å². The molecule has 0 atom stereocenters. The molecule has 8 heteroatoms. The number of fused-ring (bicyclic) bond motifs is 1. The number of rotatable bonds is 6. The fraction of sp³-hybridized carbons (Fsp3) is 0.182. The van der Waals surface area contributed by atoms with Crippen LogP contribution in [-0.2, 0) is 19.5 Å². The summed E-state index contributed by atoms with van der Waals surface area (Å²) in [6.45, 7) is 1.47. The van der Waals surface area contributed by atoms with Crippen molar-refractivity contribution in [3.05, 3.63) is 87.4 Å². The van der Waals surface area contributed by atoms with Crippen molar-refractivity contribution < 1.29 is 0 Å². The van der Waals surface area contributed by atoms with Crippen LogP contribution in [0.4, 0.5) is 0 Å². The highest BCUT2D eigenvalue weighted by atomic mass is 35.5. The lowest BCUT2D eigenvalue weighted by Gasteiger charge is -2.06. The summed E-state index contributed by atoms with van der Waals surface area (Å²) in [6.07, 6.45) is 2.45. The maximum atomic E-state index is 12.9. The Hall–Kier alpha value is -1.89. The van der Waals surface area contributed by atoms with E-state index in [0.29, 0.717) is 16.3 Å². The number of nitrogens with zero attached hydrogens (tertiary/aromatic N) is 2. The fourth-order valence-electron chi connectivity index (χ4n) is 3.14. The largest absolute Gasteiger partial charge is 0.316 e. The minimum Gasteiger partial charge on any atom is -0.316 e. The summed E-state index contributed by atoms with van der Waals surface area (Å²) in [6, 6.07) is 18.1. The van der Waals surface area contributed by atoms with Gasteiger partial charge in [0.15, 0.2) is 0 Å². The van der Waals surface area contributed by atoms with Crippen molar-refractivity contribution in [1.82, 2.24) is 14.9 Å². The molecule has 0 amide bonds. The number of hydrogen-bond donors (Lipinski definition) is 1. The lowest BCUT2D eigenvalue weighted by molar-refractivity contribution is 0.663. The first-order valence-electron chi connectivity index (χ1n) is 9.11. The van der Waals surface area contributed by atoms with Gasteiger partial charge in [-0.1, -0.05) is 48.0 Å². The molecule has 0 aliphatic heterocycles. The Morgan fingerprint density at radius 3 is 2.37 bits per heavy atom. The monoisotopic (exact) mass is 481 g/mol. The Bertz CT molecular complexity index is 1160. The van der Waals surface area contributed by atoms with E-state index in [0.717, 1.165) is 28.9 Å². The van der Waals surface area contributed by atoms with Crippen LogP contribution in [0.5, 0.6) is 0 Å². The Balaban J connectivity index is 0.00000160. The summed E-state index contributed by atoms with van der Waals surface area (Å²) in [4.78, 5) is 18.4. The van der Waals surface area contributed by atoms with Gasteiger partial charge in [-0.2, -0.15) is 0 Å². The molecular formula is C22H22Cl3N3OS. The highest BCUT2D eigenvalue weighted by molar-refractivity contribution is 7.22. The maximum Gasteiger partial charge on any atom is 0.271 e. The van der Waals surface area contributed by atoms with E-state index >= 15 is 0 Å². The van der Waals surface area contributed by atoms with Crippen molar-refractivity contribution in [1.29, 1.82) is 0 Å². The zero-order valence-electron chi connectivity index (χ0n) is 16.3. The van der Waals surface area contributed by atoms with Gasteiger partial charge in [0, 0.05) is 23.0 Å². The molecule has 4 rings (SSSR count). The van der Waals surface area contributed by atoms with Crippen molar-refractivity contribution in [2.24, 2.45) is 0 Å².